The molecule has 1 aliphatic carbocycles. The quantitative estimate of drug-likeness (QED) is 0.755. The summed E-state index contributed by atoms with van der Waals surface area (Å²) in [4.78, 5) is 12.9. The third kappa shape index (κ3) is 2.22. The van der Waals surface area contributed by atoms with E-state index < -0.39 is 0 Å². The number of ether oxygens (including phenoxy) is 1. The van der Waals surface area contributed by atoms with Crippen LogP contribution < -0.4 is 4.74 Å². The molecular formula is C16H19BrO2. The Labute approximate surface area is 122 Å². The first-order valence-electron chi connectivity index (χ1n) is 6.98. The molecule has 1 aliphatic heterocycles. The van der Waals surface area contributed by atoms with E-state index in [1.165, 1.54) is 0 Å². The Bertz CT molecular complexity index is 534. The average molecular weight is 323 g/mol. The fourth-order valence-corrected chi connectivity index (χ4v) is 3.96. The normalized spacial score (nSPS) is 24.1. The van der Waals surface area contributed by atoms with Gasteiger partial charge in [-0.25, -0.2) is 0 Å². The van der Waals surface area contributed by atoms with Gasteiger partial charge >= 0.3 is 0 Å². The smallest absolute Gasteiger partial charge is 0.170 e. The van der Waals surface area contributed by atoms with Gasteiger partial charge in [-0.1, -0.05) is 36.2 Å². The molecule has 0 bridgehead atoms. The largest absolute Gasteiger partial charge is 0.492 e. The Kier molecular flexibility index (Phi) is 3.20. The molecule has 2 aliphatic rings. The fourth-order valence-electron chi connectivity index (χ4n) is 3.45. The molecule has 0 aromatic heterocycles. The Hall–Kier alpha value is -0.830. The molecule has 1 aromatic rings. The van der Waals surface area contributed by atoms with E-state index in [9.17, 15) is 4.79 Å². The number of carbonyl (C=O) groups is 1. The van der Waals surface area contributed by atoms with Crippen LogP contribution in [-0.4, -0.2) is 12.4 Å². The summed E-state index contributed by atoms with van der Waals surface area (Å²) in [6, 6.07) is 4.00. The minimum atomic E-state index is 0.116. The fraction of sp³-hybridized carbons (Fsp3) is 0.562. The molecule has 0 spiro atoms. The van der Waals surface area contributed by atoms with Gasteiger partial charge in [-0.2, -0.15) is 0 Å². The lowest BCUT2D eigenvalue weighted by Crippen LogP contribution is -2.26. The minimum Gasteiger partial charge on any atom is -0.492 e. The Morgan fingerprint density at radius 1 is 1.42 bits per heavy atom. The van der Waals surface area contributed by atoms with Gasteiger partial charge < -0.3 is 4.74 Å². The van der Waals surface area contributed by atoms with E-state index in [-0.39, 0.29) is 17.1 Å². The Balaban J connectivity index is 2.01. The van der Waals surface area contributed by atoms with Crippen molar-refractivity contribution in [2.45, 2.75) is 39.5 Å². The first-order chi connectivity index (χ1) is 8.99. The van der Waals surface area contributed by atoms with E-state index in [0.29, 0.717) is 6.61 Å². The van der Waals surface area contributed by atoms with Gasteiger partial charge in [0, 0.05) is 16.8 Å². The second-order valence-electron chi connectivity index (χ2n) is 6.34. The summed E-state index contributed by atoms with van der Waals surface area (Å²) in [5, 5.41) is 0. The van der Waals surface area contributed by atoms with E-state index in [4.69, 9.17) is 4.74 Å². The first kappa shape index (κ1) is 13.2. The minimum absolute atomic E-state index is 0.116. The number of Topliss-reactive ketones (excluding diaryl/α,β-unsaturated/α-hetero) is 1. The molecule has 19 heavy (non-hydrogen) atoms. The SMILES string of the molecule is CC1(C)CCCC1C(=O)c1cc(Br)cc2c1OCC2. The van der Waals surface area contributed by atoms with Crippen LogP contribution in [0.5, 0.6) is 5.75 Å². The highest BCUT2D eigenvalue weighted by Crippen LogP contribution is 2.46. The molecule has 0 radical (unpaired) electrons. The summed E-state index contributed by atoms with van der Waals surface area (Å²) in [5.41, 5.74) is 2.06. The predicted octanol–water partition coefficient (Wildman–Crippen LogP) is 4.39. The van der Waals surface area contributed by atoms with Crippen LogP contribution in [0.25, 0.3) is 0 Å². The molecule has 1 unspecified atom stereocenters. The second-order valence-corrected chi connectivity index (χ2v) is 7.25. The van der Waals surface area contributed by atoms with E-state index in [1.54, 1.807) is 0 Å². The van der Waals surface area contributed by atoms with Gasteiger partial charge in [-0.05, 0) is 36.0 Å². The van der Waals surface area contributed by atoms with Crippen molar-refractivity contribution in [3.8, 4) is 5.75 Å². The summed E-state index contributed by atoms with van der Waals surface area (Å²) in [6.07, 6.45) is 4.21. The number of carbonyl (C=O) groups excluding carboxylic acids is 1. The molecule has 0 amide bonds. The van der Waals surface area contributed by atoms with E-state index in [0.717, 1.165) is 47.0 Å². The summed E-state index contributed by atoms with van der Waals surface area (Å²) in [6.45, 7) is 5.11. The molecule has 2 nitrogen and oxygen atoms in total. The highest BCUT2D eigenvalue weighted by atomic mass is 79.9. The molecular weight excluding hydrogens is 304 g/mol. The van der Waals surface area contributed by atoms with E-state index >= 15 is 0 Å². The highest BCUT2D eigenvalue weighted by molar-refractivity contribution is 9.10. The molecule has 3 heteroatoms. The zero-order chi connectivity index (χ0) is 13.6. The zero-order valence-corrected chi connectivity index (χ0v) is 13.0. The maximum absolute atomic E-state index is 12.9. The molecule has 0 N–H and O–H groups in total. The number of benzene rings is 1. The molecule has 1 fully saturated rings. The monoisotopic (exact) mass is 322 g/mol. The standard InChI is InChI=1S/C16H19BrO2/c1-16(2)6-3-4-13(16)14(18)12-9-11(17)8-10-5-7-19-15(10)12/h8-9,13H,3-7H2,1-2H3. The number of fused-ring (bicyclic) bond motifs is 1. The van der Waals surface area contributed by atoms with Crippen LogP contribution in [0.1, 0.15) is 49.0 Å². The van der Waals surface area contributed by atoms with Crippen LogP contribution in [0.4, 0.5) is 0 Å². The topological polar surface area (TPSA) is 26.3 Å². The van der Waals surface area contributed by atoms with Crippen LogP contribution in [0.3, 0.4) is 0 Å². The maximum Gasteiger partial charge on any atom is 0.170 e. The van der Waals surface area contributed by atoms with Crippen molar-refractivity contribution >= 4 is 21.7 Å². The van der Waals surface area contributed by atoms with Gasteiger partial charge in [0.2, 0.25) is 0 Å². The highest BCUT2D eigenvalue weighted by Gasteiger charge is 2.40. The molecule has 1 aromatic carbocycles. The maximum atomic E-state index is 12.9. The van der Waals surface area contributed by atoms with Gasteiger partial charge in [0.05, 0.1) is 12.2 Å². The van der Waals surface area contributed by atoms with Crippen LogP contribution in [0.2, 0.25) is 0 Å². The zero-order valence-electron chi connectivity index (χ0n) is 11.5. The van der Waals surface area contributed by atoms with Crippen molar-refractivity contribution in [2.75, 3.05) is 6.61 Å². The van der Waals surface area contributed by atoms with Crippen LogP contribution >= 0.6 is 15.9 Å². The van der Waals surface area contributed by atoms with E-state index in [1.807, 2.05) is 6.07 Å². The van der Waals surface area contributed by atoms with Crippen molar-refractivity contribution < 1.29 is 9.53 Å². The molecule has 0 saturated heterocycles. The first-order valence-corrected chi connectivity index (χ1v) is 7.78. The lowest BCUT2D eigenvalue weighted by Gasteiger charge is -2.26. The number of ketones is 1. The lowest BCUT2D eigenvalue weighted by molar-refractivity contribution is 0.0836. The van der Waals surface area contributed by atoms with Gasteiger partial charge in [0.25, 0.3) is 0 Å². The Morgan fingerprint density at radius 3 is 2.89 bits per heavy atom. The molecule has 102 valence electrons. The summed E-state index contributed by atoms with van der Waals surface area (Å²) < 4.78 is 6.67. The summed E-state index contributed by atoms with van der Waals surface area (Å²) in [5.74, 6) is 1.23. The number of rotatable bonds is 2. The van der Waals surface area contributed by atoms with Gasteiger partial charge in [-0.3, -0.25) is 4.79 Å². The van der Waals surface area contributed by atoms with Crippen LogP contribution in [0.15, 0.2) is 16.6 Å². The molecule has 1 saturated carbocycles. The number of halogens is 1. The predicted molar refractivity (Wildman–Crippen MR) is 78.8 cm³/mol. The van der Waals surface area contributed by atoms with Crippen molar-refractivity contribution in [2.24, 2.45) is 11.3 Å². The number of hydrogen-bond acceptors (Lipinski definition) is 2. The van der Waals surface area contributed by atoms with Crippen molar-refractivity contribution in [3.63, 3.8) is 0 Å². The van der Waals surface area contributed by atoms with Crippen molar-refractivity contribution in [1.29, 1.82) is 0 Å². The number of hydrogen-bond donors (Lipinski definition) is 0. The molecule has 1 atom stereocenters. The summed E-state index contributed by atoms with van der Waals surface area (Å²) in [7, 11) is 0. The molecule has 3 rings (SSSR count). The van der Waals surface area contributed by atoms with Crippen LogP contribution in [0, 0.1) is 11.3 Å². The van der Waals surface area contributed by atoms with Crippen molar-refractivity contribution in [3.05, 3.63) is 27.7 Å². The van der Waals surface area contributed by atoms with E-state index in [2.05, 4.69) is 35.8 Å². The van der Waals surface area contributed by atoms with Gasteiger partial charge in [0.15, 0.2) is 5.78 Å². The third-order valence-electron chi connectivity index (χ3n) is 4.59. The third-order valence-corrected chi connectivity index (χ3v) is 5.05. The average Bonchev–Trinajstić information content (AvgIpc) is 2.92. The van der Waals surface area contributed by atoms with Gasteiger partial charge in [-0.15, -0.1) is 0 Å². The van der Waals surface area contributed by atoms with Gasteiger partial charge in [0.1, 0.15) is 5.75 Å². The van der Waals surface area contributed by atoms with Crippen LogP contribution in [-0.2, 0) is 6.42 Å². The second kappa shape index (κ2) is 4.62. The summed E-state index contributed by atoms with van der Waals surface area (Å²) >= 11 is 3.51. The lowest BCUT2D eigenvalue weighted by atomic mass is 9.77. The Morgan fingerprint density at radius 2 is 2.21 bits per heavy atom. The molecule has 1 heterocycles. The van der Waals surface area contributed by atoms with Crippen molar-refractivity contribution in [1.82, 2.24) is 0 Å².